The van der Waals surface area contributed by atoms with E-state index in [-0.39, 0.29) is 5.91 Å². The lowest BCUT2D eigenvalue weighted by molar-refractivity contribution is 0.0944. The zero-order chi connectivity index (χ0) is 14.4. The van der Waals surface area contributed by atoms with Crippen molar-refractivity contribution in [1.29, 1.82) is 0 Å². The number of hydrogen-bond donors (Lipinski definition) is 2. The molecular formula is C15H24N4O. The average Bonchev–Trinajstić information content (AvgIpc) is 2.46. The van der Waals surface area contributed by atoms with Gasteiger partial charge in [0.1, 0.15) is 17.8 Å². The van der Waals surface area contributed by atoms with Gasteiger partial charge in [-0.25, -0.2) is 9.97 Å². The van der Waals surface area contributed by atoms with Gasteiger partial charge in [0.25, 0.3) is 5.91 Å². The molecule has 0 aromatic carbocycles. The molecule has 5 heteroatoms. The highest BCUT2D eigenvalue weighted by Gasteiger charge is 2.15. The van der Waals surface area contributed by atoms with Gasteiger partial charge in [-0.2, -0.15) is 0 Å². The molecule has 0 saturated heterocycles. The summed E-state index contributed by atoms with van der Waals surface area (Å²) in [6.07, 6.45) is 7.67. The molecule has 5 nitrogen and oxygen atoms in total. The van der Waals surface area contributed by atoms with Crippen molar-refractivity contribution in [2.24, 2.45) is 5.92 Å². The Balaban J connectivity index is 1.94. The molecule has 1 aromatic rings. The van der Waals surface area contributed by atoms with Crippen LogP contribution in [0.15, 0.2) is 12.4 Å². The van der Waals surface area contributed by atoms with Crippen LogP contribution in [0.5, 0.6) is 0 Å². The summed E-state index contributed by atoms with van der Waals surface area (Å²) in [5.74, 6) is 1.05. The predicted molar refractivity (Wildman–Crippen MR) is 79.7 cm³/mol. The maximum atomic E-state index is 12.0. The number of nitrogens with zero attached hydrogens (tertiary/aromatic N) is 2. The largest absolute Gasteiger partial charge is 0.367 e. The number of nitrogens with one attached hydrogen (secondary N) is 2. The predicted octanol–water partition coefficient (Wildman–Crippen LogP) is 2.61. The van der Waals surface area contributed by atoms with E-state index in [1.54, 1.807) is 6.07 Å². The lowest BCUT2D eigenvalue weighted by Gasteiger charge is -2.23. The highest BCUT2D eigenvalue weighted by atomic mass is 16.1. The van der Waals surface area contributed by atoms with Gasteiger partial charge in [-0.05, 0) is 18.8 Å². The first-order valence-electron chi connectivity index (χ1n) is 7.52. The average molecular weight is 276 g/mol. The molecule has 0 aliphatic heterocycles. The number of carbonyl (C=O) groups excluding carboxylic acids is 1. The van der Waals surface area contributed by atoms with E-state index in [2.05, 4.69) is 34.4 Å². The van der Waals surface area contributed by atoms with Crippen molar-refractivity contribution in [2.45, 2.75) is 52.0 Å². The van der Waals surface area contributed by atoms with E-state index in [9.17, 15) is 4.79 Å². The Bertz CT molecular complexity index is 441. The molecule has 1 heterocycles. The SMILES string of the molecule is CC(C)CNC(=O)c1cc(NC2CCCCC2)ncn1. The third kappa shape index (κ3) is 4.47. The molecule has 110 valence electrons. The fraction of sp³-hybridized carbons (Fsp3) is 0.667. The van der Waals surface area contributed by atoms with Crippen LogP contribution in [-0.4, -0.2) is 28.5 Å². The maximum Gasteiger partial charge on any atom is 0.270 e. The minimum absolute atomic E-state index is 0.132. The van der Waals surface area contributed by atoms with Crippen LogP contribution in [0.4, 0.5) is 5.82 Å². The summed E-state index contributed by atoms with van der Waals surface area (Å²) < 4.78 is 0. The minimum atomic E-state index is -0.132. The Morgan fingerprint density at radius 1 is 1.30 bits per heavy atom. The first kappa shape index (κ1) is 14.8. The summed E-state index contributed by atoms with van der Waals surface area (Å²) in [5, 5.41) is 6.28. The molecule has 1 aromatic heterocycles. The van der Waals surface area contributed by atoms with E-state index in [1.165, 1.54) is 38.4 Å². The van der Waals surface area contributed by atoms with E-state index in [0.29, 0.717) is 24.2 Å². The molecule has 0 atom stereocenters. The Morgan fingerprint density at radius 3 is 2.75 bits per heavy atom. The second kappa shape index (κ2) is 7.22. The summed E-state index contributed by atoms with van der Waals surface area (Å²) in [5.41, 5.74) is 0.430. The highest BCUT2D eigenvalue weighted by molar-refractivity contribution is 5.92. The normalized spacial score (nSPS) is 16.1. The van der Waals surface area contributed by atoms with E-state index >= 15 is 0 Å². The van der Waals surface area contributed by atoms with Crippen LogP contribution in [0.3, 0.4) is 0 Å². The van der Waals surface area contributed by atoms with Gasteiger partial charge in [-0.1, -0.05) is 33.1 Å². The van der Waals surface area contributed by atoms with Crippen molar-refractivity contribution in [1.82, 2.24) is 15.3 Å². The quantitative estimate of drug-likeness (QED) is 0.867. The number of carbonyl (C=O) groups is 1. The Labute approximate surface area is 120 Å². The molecule has 1 aliphatic rings. The Hall–Kier alpha value is -1.65. The van der Waals surface area contributed by atoms with Gasteiger partial charge >= 0.3 is 0 Å². The smallest absolute Gasteiger partial charge is 0.270 e. The van der Waals surface area contributed by atoms with Crippen molar-refractivity contribution in [3.63, 3.8) is 0 Å². The Kier molecular flexibility index (Phi) is 5.32. The first-order valence-corrected chi connectivity index (χ1v) is 7.52. The molecule has 2 N–H and O–H groups in total. The van der Waals surface area contributed by atoms with Crippen LogP contribution >= 0.6 is 0 Å². The van der Waals surface area contributed by atoms with Gasteiger partial charge < -0.3 is 10.6 Å². The van der Waals surface area contributed by atoms with Crippen LogP contribution in [0.2, 0.25) is 0 Å². The molecule has 1 saturated carbocycles. The summed E-state index contributed by atoms with van der Waals surface area (Å²) in [7, 11) is 0. The number of aromatic nitrogens is 2. The van der Waals surface area contributed by atoms with Crippen LogP contribution in [-0.2, 0) is 0 Å². The highest BCUT2D eigenvalue weighted by Crippen LogP contribution is 2.20. The molecule has 20 heavy (non-hydrogen) atoms. The van der Waals surface area contributed by atoms with Crippen LogP contribution in [0.1, 0.15) is 56.4 Å². The number of anilines is 1. The summed E-state index contributed by atoms with van der Waals surface area (Å²) in [6, 6.07) is 2.22. The monoisotopic (exact) mass is 276 g/mol. The van der Waals surface area contributed by atoms with Gasteiger partial charge in [0.15, 0.2) is 0 Å². The van der Waals surface area contributed by atoms with E-state index < -0.39 is 0 Å². The standard InChI is InChI=1S/C15H24N4O/c1-11(2)9-16-15(20)13-8-14(18-10-17-13)19-12-6-4-3-5-7-12/h8,10-12H,3-7,9H2,1-2H3,(H,16,20)(H,17,18,19). The van der Waals surface area contributed by atoms with Gasteiger partial charge in [-0.3, -0.25) is 4.79 Å². The lowest BCUT2D eigenvalue weighted by Crippen LogP contribution is -2.28. The third-order valence-electron chi connectivity index (χ3n) is 3.53. The molecule has 1 aliphatic carbocycles. The second-order valence-corrected chi connectivity index (χ2v) is 5.87. The molecule has 0 radical (unpaired) electrons. The molecular weight excluding hydrogens is 252 g/mol. The fourth-order valence-corrected chi connectivity index (χ4v) is 2.40. The van der Waals surface area contributed by atoms with Crippen molar-refractivity contribution >= 4 is 11.7 Å². The van der Waals surface area contributed by atoms with Crippen molar-refractivity contribution in [3.05, 3.63) is 18.1 Å². The van der Waals surface area contributed by atoms with Gasteiger partial charge in [0.05, 0.1) is 0 Å². The maximum absolute atomic E-state index is 12.0. The van der Waals surface area contributed by atoms with E-state index in [4.69, 9.17) is 0 Å². The van der Waals surface area contributed by atoms with Gasteiger partial charge in [0.2, 0.25) is 0 Å². The molecule has 0 spiro atoms. The van der Waals surface area contributed by atoms with Crippen LogP contribution in [0.25, 0.3) is 0 Å². The topological polar surface area (TPSA) is 66.9 Å². The number of rotatable bonds is 5. The van der Waals surface area contributed by atoms with Crippen molar-refractivity contribution in [2.75, 3.05) is 11.9 Å². The van der Waals surface area contributed by atoms with E-state index in [0.717, 1.165) is 5.82 Å². The summed E-state index contributed by atoms with van der Waals surface area (Å²) >= 11 is 0. The lowest BCUT2D eigenvalue weighted by atomic mass is 9.95. The van der Waals surface area contributed by atoms with Gasteiger partial charge in [0, 0.05) is 18.7 Å². The van der Waals surface area contributed by atoms with Gasteiger partial charge in [-0.15, -0.1) is 0 Å². The zero-order valence-corrected chi connectivity index (χ0v) is 12.4. The van der Waals surface area contributed by atoms with E-state index in [1.807, 2.05) is 0 Å². The zero-order valence-electron chi connectivity index (χ0n) is 12.4. The number of hydrogen-bond acceptors (Lipinski definition) is 4. The Morgan fingerprint density at radius 2 is 2.05 bits per heavy atom. The fourth-order valence-electron chi connectivity index (χ4n) is 2.40. The van der Waals surface area contributed by atoms with Crippen molar-refractivity contribution < 1.29 is 4.79 Å². The van der Waals surface area contributed by atoms with Crippen LogP contribution in [0, 0.1) is 5.92 Å². The molecule has 1 fully saturated rings. The van der Waals surface area contributed by atoms with Crippen LogP contribution < -0.4 is 10.6 Å². The molecule has 0 bridgehead atoms. The molecule has 2 rings (SSSR count). The number of amides is 1. The third-order valence-corrected chi connectivity index (χ3v) is 3.53. The summed E-state index contributed by atoms with van der Waals surface area (Å²) in [4.78, 5) is 20.2. The van der Waals surface area contributed by atoms with Crippen molar-refractivity contribution in [3.8, 4) is 0 Å². The second-order valence-electron chi connectivity index (χ2n) is 5.87. The minimum Gasteiger partial charge on any atom is -0.367 e. The first-order chi connectivity index (χ1) is 9.65. The molecule has 0 unspecified atom stereocenters. The summed E-state index contributed by atoms with van der Waals surface area (Å²) in [6.45, 7) is 4.79. The molecule has 1 amide bonds.